The van der Waals surface area contributed by atoms with E-state index in [0.717, 1.165) is 58.0 Å². The molecule has 5 rings (SSSR count). The molecule has 1 aromatic carbocycles. The third kappa shape index (κ3) is 3.86. The van der Waals surface area contributed by atoms with Gasteiger partial charge in [0.05, 0.1) is 0 Å². The number of hydrogen-bond acceptors (Lipinski definition) is 4. The lowest BCUT2D eigenvalue weighted by Crippen LogP contribution is -2.42. The maximum atomic E-state index is 14.4. The quantitative estimate of drug-likeness (QED) is 0.745. The van der Waals surface area contributed by atoms with Crippen LogP contribution in [0.1, 0.15) is 72.9 Å². The Bertz CT molecular complexity index is 963. The number of aliphatic hydroxyl groups is 1. The standard InChI is InChI=1S/C25H30F2N2O3/c26-19-3-1-4-20(27)23(19)21-5-2-13-29(21)17-8-10-25(11-9-17)12-14-28(16-25)24(31)22-7-6-18(15-30)32-22/h1,3-4,6-7,17,21,30H,2,5,8-16H2/t17-,21-,25-/m1/s1. The molecule has 1 saturated carbocycles. The molecule has 1 aliphatic carbocycles. The minimum absolute atomic E-state index is 0.113. The molecule has 0 unspecified atom stereocenters. The second-order valence-corrected chi connectivity index (χ2v) is 9.66. The molecule has 3 fully saturated rings. The van der Waals surface area contributed by atoms with Crippen LogP contribution in [0.15, 0.2) is 34.7 Å². The van der Waals surface area contributed by atoms with Gasteiger partial charge in [-0.3, -0.25) is 9.69 Å². The van der Waals surface area contributed by atoms with E-state index in [-0.39, 0.29) is 35.3 Å². The van der Waals surface area contributed by atoms with Crippen LogP contribution >= 0.6 is 0 Å². The van der Waals surface area contributed by atoms with Gasteiger partial charge in [0.1, 0.15) is 24.0 Å². The predicted octanol–water partition coefficient (Wildman–Crippen LogP) is 4.66. The molecule has 0 radical (unpaired) electrons. The van der Waals surface area contributed by atoms with Gasteiger partial charge < -0.3 is 14.4 Å². The molecule has 3 heterocycles. The second-order valence-electron chi connectivity index (χ2n) is 9.66. The van der Waals surface area contributed by atoms with Crippen LogP contribution in [0, 0.1) is 17.0 Å². The van der Waals surface area contributed by atoms with Gasteiger partial charge in [-0.2, -0.15) is 0 Å². The highest BCUT2D eigenvalue weighted by Crippen LogP contribution is 2.47. The number of benzene rings is 1. The van der Waals surface area contributed by atoms with Gasteiger partial charge in [-0.15, -0.1) is 0 Å². The summed E-state index contributed by atoms with van der Waals surface area (Å²) in [7, 11) is 0. The predicted molar refractivity (Wildman–Crippen MR) is 115 cm³/mol. The Labute approximate surface area is 187 Å². The van der Waals surface area contributed by atoms with Crippen LogP contribution in [0.4, 0.5) is 8.78 Å². The Kier molecular flexibility index (Phi) is 5.80. The lowest BCUT2D eigenvalue weighted by atomic mass is 9.71. The van der Waals surface area contributed by atoms with Gasteiger partial charge in [0.15, 0.2) is 5.76 Å². The summed E-state index contributed by atoms with van der Waals surface area (Å²) in [6, 6.07) is 7.55. The number of halogens is 2. The topological polar surface area (TPSA) is 56.9 Å². The molecule has 1 N–H and O–H groups in total. The van der Waals surface area contributed by atoms with E-state index in [1.807, 2.05) is 4.90 Å². The summed E-state index contributed by atoms with van der Waals surface area (Å²) in [5.74, 6) is -0.318. The Morgan fingerprint density at radius 3 is 2.50 bits per heavy atom. The number of likely N-dealkylation sites (tertiary alicyclic amines) is 2. The van der Waals surface area contributed by atoms with Crippen molar-refractivity contribution in [1.82, 2.24) is 9.80 Å². The fourth-order valence-corrected chi connectivity index (χ4v) is 6.16. The fraction of sp³-hybridized carbons (Fsp3) is 0.560. The molecule has 1 spiro atoms. The maximum Gasteiger partial charge on any atom is 0.289 e. The Morgan fingerprint density at radius 2 is 1.81 bits per heavy atom. The van der Waals surface area contributed by atoms with E-state index in [1.54, 1.807) is 12.1 Å². The highest BCUT2D eigenvalue weighted by atomic mass is 19.1. The van der Waals surface area contributed by atoms with Gasteiger partial charge in [-0.25, -0.2) is 8.78 Å². The van der Waals surface area contributed by atoms with Gasteiger partial charge in [0, 0.05) is 30.7 Å². The van der Waals surface area contributed by atoms with E-state index in [1.165, 1.54) is 18.2 Å². The molecule has 7 heteroatoms. The lowest BCUT2D eigenvalue weighted by molar-refractivity contribution is 0.0650. The number of rotatable bonds is 4. The fourth-order valence-electron chi connectivity index (χ4n) is 6.16. The van der Waals surface area contributed by atoms with Gasteiger partial charge in [0.25, 0.3) is 5.91 Å². The van der Waals surface area contributed by atoms with Crippen molar-refractivity contribution in [3.8, 4) is 0 Å². The number of aliphatic hydroxyl groups excluding tert-OH is 1. The van der Waals surface area contributed by atoms with Gasteiger partial charge >= 0.3 is 0 Å². The van der Waals surface area contributed by atoms with Crippen molar-refractivity contribution in [2.24, 2.45) is 5.41 Å². The Morgan fingerprint density at radius 1 is 1.06 bits per heavy atom. The summed E-state index contributed by atoms with van der Waals surface area (Å²) in [6.07, 6.45) is 6.75. The number of carbonyl (C=O) groups excluding carboxylic acids is 1. The zero-order valence-electron chi connectivity index (χ0n) is 18.2. The first-order valence-corrected chi connectivity index (χ1v) is 11.7. The van der Waals surface area contributed by atoms with Crippen molar-refractivity contribution in [2.45, 2.75) is 63.6 Å². The molecular formula is C25H30F2N2O3. The Balaban J connectivity index is 1.23. The zero-order valence-corrected chi connectivity index (χ0v) is 18.2. The highest BCUT2D eigenvalue weighted by molar-refractivity contribution is 5.91. The summed E-state index contributed by atoms with van der Waals surface area (Å²) in [6.45, 7) is 2.10. The van der Waals surface area contributed by atoms with Gasteiger partial charge in [0.2, 0.25) is 0 Å². The molecule has 32 heavy (non-hydrogen) atoms. The molecule has 5 nitrogen and oxygen atoms in total. The number of hydrogen-bond donors (Lipinski definition) is 1. The molecular weight excluding hydrogens is 414 g/mol. The smallest absolute Gasteiger partial charge is 0.289 e. The molecule has 2 aliphatic heterocycles. The van der Waals surface area contributed by atoms with E-state index < -0.39 is 11.6 Å². The zero-order chi connectivity index (χ0) is 22.3. The maximum absolute atomic E-state index is 14.4. The number of furan rings is 1. The largest absolute Gasteiger partial charge is 0.453 e. The lowest BCUT2D eigenvalue weighted by Gasteiger charge is -2.42. The molecule has 2 saturated heterocycles. The van der Waals surface area contributed by atoms with Crippen molar-refractivity contribution >= 4 is 5.91 Å². The van der Waals surface area contributed by atoms with E-state index in [2.05, 4.69) is 4.90 Å². The summed E-state index contributed by atoms with van der Waals surface area (Å²) >= 11 is 0. The second kappa shape index (κ2) is 8.60. The van der Waals surface area contributed by atoms with Crippen LogP contribution in [0.5, 0.6) is 0 Å². The van der Waals surface area contributed by atoms with E-state index >= 15 is 0 Å². The van der Waals surface area contributed by atoms with Crippen molar-refractivity contribution in [3.05, 3.63) is 59.1 Å². The van der Waals surface area contributed by atoms with Crippen LogP contribution in [0.3, 0.4) is 0 Å². The van der Waals surface area contributed by atoms with Crippen molar-refractivity contribution in [1.29, 1.82) is 0 Å². The average molecular weight is 445 g/mol. The van der Waals surface area contributed by atoms with Crippen LogP contribution in [0.25, 0.3) is 0 Å². The third-order valence-corrected chi connectivity index (χ3v) is 7.87. The molecule has 1 amide bonds. The molecule has 3 aliphatic rings. The summed E-state index contributed by atoms with van der Waals surface area (Å²) < 4.78 is 34.3. The summed E-state index contributed by atoms with van der Waals surface area (Å²) in [5.41, 5.74) is 0.348. The molecule has 172 valence electrons. The van der Waals surface area contributed by atoms with Crippen molar-refractivity contribution in [2.75, 3.05) is 19.6 Å². The van der Waals surface area contributed by atoms with Crippen LogP contribution in [0.2, 0.25) is 0 Å². The summed E-state index contributed by atoms with van der Waals surface area (Å²) in [4.78, 5) is 17.0. The third-order valence-electron chi connectivity index (χ3n) is 7.87. The van der Waals surface area contributed by atoms with Crippen LogP contribution in [-0.4, -0.2) is 46.5 Å². The van der Waals surface area contributed by atoms with Crippen molar-refractivity contribution < 1.29 is 23.1 Å². The molecule has 0 bridgehead atoms. The van der Waals surface area contributed by atoms with Crippen molar-refractivity contribution in [3.63, 3.8) is 0 Å². The van der Waals surface area contributed by atoms with Gasteiger partial charge in [-0.1, -0.05) is 6.07 Å². The van der Waals surface area contributed by atoms with Crippen LogP contribution < -0.4 is 0 Å². The van der Waals surface area contributed by atoms with E-state index in [4.69, 9.17) is 9.52 Å². The van der Waals surface area contributed by atoms with E-state index in [0.29, 0.717) is 18.3 Å². The number of amides is 1. The van der Waals surface area contributed by atoms with E-state index in [9.17, 15) is 13.6 Å². The first-order valence-electron chi connectivity index (χ1n) is 11.7. The molecule has 2 aromatic rings. The molecule has 1 aromatic heterocycles. The minimum Gasteiger partial charge on any atom is -0.453 e. The normalized spacial score (nSPS) is 28.7. The SMILES string of the molecule is O=C(c1ccc(CO)o1)N1CC[C@]2(CC[C@@H](N3CCC[C@@H]3c3c(F)cccc3F)CC2)C1. The minimum atomic E-state index is -0.443. The highest BCUT2D eigenvalue weighted by Gasteiger charge is 2.45. The Hall–Kier alpha value is -2.25. The first kappa shape index (κ1) is 21.6. The first-order chi connectivity index (χ1) is 15.5. The summed E-state index contributed by atoms with van der Waals surface area (Å²) in [5, 5.41) is 9.17. The monoisotopic (exact) mass is 444 g/mol. The number of nitrogens with zero attached hydrogens (tertiary/aromatic N) is 2. The van der Waals surface area contributed by atoms with Gasteiger partial charge in [-0.05, 0) is 81.2 Å². The number of carbonyl (C=O) groups is 1. The van der Waals surface area contributed by atoms with Crippen LogP contribution in [-0.2, 0) is 6.61 Å². The average Bonchev–Trinajstić information content (AvgIpc) is 3.54. The molecule has 1 atom stereocenters.